The maximum absolute atomic E-state index is 13.9. The smallest absolute Gasteiger partial charge is 0.127 e. The van der Waals surface area contributed by atoms with Crippen molar-refractivity contribution in [3.8, 4) is 12.3 Å². The van der Waals surface area contributed by atoms with E-state index in [-0.39, 0.29) is 19.0 Å². The molecule has 0 fully saturated rings. The number of hydrogen-bond acceptors (Lipinski definition) is 4. The van der Waals surface area contributed by atoms with E-state index in [1.54, 1.807) is 30.5 Å². The Morgan fingerprint density at radius 2 is 2.09 bits per heavy atom. The zero-order valence-electron chi connectivity index (χ0n) is 12.8. The third-order valence-corrected chi connectivity index (χ3v) is 3.28. The first kappa shape index (κ1) is 17.2. The Bertz CT molecular complexity index is 621. The second-order valence-electron chi connectivity index (χ2n) is 5.21. The first-order valence-corrected chi connectivity index (χ1v) is 7.36. The summed E-state index contributed by atoms with van der Waals surface area (Å²) in [5.41, 5.74) is 0.566. The molecule has 0 aliphatic carbocycles. The molecule has 1 N–H and O–H groups in total. The van der Waals surface area contributed by atoms with Gasteiger partial charge in [0.1, 0.15) is 18.2 Å². The third-order valence-electron chi connectivity index (χ3n) is 3.28. The molecule has 0 amide bonds. The predicted molar refractivity (Wildman–Crippen MR) is 84.9 cm³/mol. The number of benzene rings is 1. The normalized spacial score (nSPS) is 12.3. The number of halogens is 1. The SMILES string of the molecule is C#CCOC[C@@H](O)CN(Cc1ccco1)Cc1ccccc1F. The summed E-state index contributed by atoms with van der Waals surface area (Å²) in [6.45, 7) is 1.44. The van der Waals surface area contributed by atoms with Crippen molar-refractivity contribution in [2.45, 2.75) is 19.2 Å². The molecule has 0 unspecified atom stereocenters. The van der Waals surface area contributed by atoms with Gasteiger partial charge in [-0.15, -0.1) is 6.42 Å². The van der Waals surface area contributed by atoms with Crippen LogP contribution in [-0.4, -0.2) is 35.9 Å². The maximum atomic E-state index is 13.9. The summed E-state index contributed by atoms with van der Waals surface area (Å²) in [6, 6.07) is 10.2. The van der Waals surface area contributed by atoms with Gasteiger partial charge < -0.3 is 14.3 Å². The van der Waals surface area contributed by atoms with Crippen LogP contribution in [0.5, 0.6) is 0 Å². The lowest BCUT2D eigenvalue weighted by Gasteiger charge is -2.24. The Hall–Kier alpha value is -2.13. The molecule has 1 heterocycles. The molecule has 0 saturated heterocycles. The van der Waals surface area contributed by atoms with E-state index >= 15 is 0 Å². The van der Waals surface area contributed by atoms with E-state index < -0.39 is 6.10 Å². The summed E-state index contributed by atoms with van der Waals surface area (Å²) in [4.78, 5) is 1.90. The lowest BCUT2D eigenvalue weighted by Crippen LogP contribution is -2.34. The van der Waals surface area contributed by atoms with Crippen molar-refractivity contribution in [2.75, 3.05) is 19.8 Å². The molecule has 2 rings (SSSR count). The zero-order chi connectivity index (χ0) is 16.5. The van der Waals surface area contributed by atoms with E-state index in [0.717, 1.165) is 5.76 Å². The van der Waals surface area contributed by atoms with E-state index in [1.807, 2.05) is 11.0 Å². The van der Waals surface area contributed by atoms with Crippen LogP contribution < -0.4 is 0 Å². The fourth-order valence-electron chi connectivity index (χ4n) is 2.28. The second kappa shape index (κ2) is 9.11. The summed E-state index contributed by atoms with van der Waals surface area (Å²) in [5, 5.41) is 10.1. The van der Waals surface area contributed by atoms with Crippen LogP contribution >= 0.6 is 0 Å². The van der Waals surface area contributed by atoms with Crippen molar-refractivity contribution < 1.29 is 18.7 Å². The summed E-state index contributed by atoms with van der Waals surface area (Å²) in [7, 11) is 0. The Morgan fingerprint density at radius 1 is 1.26 bits per heavy atom. The monoisotopic (exact) mass is 317 g/mol. The van der Waals surface area contributed by atoms with Gasteiger partial charge in [0.25, 0.3) is 0 Å². The molecule has 122 valence electrons. The molecule has 0 bridgehead atoms. The van der Waals surface area contributed by atoms with E-state index in [0.29, 0.717) is 25.2 Å². The largest absolute Gasteiger partial charge is 0.468 e. The Balaban J connectivity index is 1.99. The molecular formula is C18H20FNO3. The highest BCUT2D eigenvalue weighted by Gasteiger charge is 2.16. The summed E-state index contributed by atoms with van der Waals surface area (Å²) in [5.74, 6) is 2.83. The Kier molecular flexibility index (Phi) is 6.82. The Morgan fingerprint density at radius 3 is 2.78 bits per heavy atom. The molecule has 0 spiro atoms. The number of terminal acetylenes is 1. The minimum Gasteiger partial charge on any atom is -0.468 e. The van der Waals surface area contributed by atoms with Crippen molar-refractivity contribution in [2.24, 2.45) is 0 Å². The van der Waals surface area contributed by atoms with Crippen LogP contribution in [0.25, 0.3) is 0 Å². The molecule has 4 nitrogen and oxygen atoms in total. The van der Waals surface area contributed by atoms with Gasteiger partial charge in [0.05, 0.1) is 25.5 Å². The first-order chi connectivity index (χ1) is 11.2. The van der Waals surface area contributed by atoms with Crippen LogP contribution in [0.2, 0.25) is 0 Å². The fraction of sp³-hybridized carbons (Fsp3) is 0.333. The van der Waals surface area contributed by atoms with Crippen molar-refractivity contribution in [1.29, 1.82) is 0 Å². The topological polar surface area (TPSA) is 45.8 Å². The highest BCUT2D eigenvalue weighted by molar-refractivity contribution is 5.17. The lowest BCUT2D eigenvalue weighted by atomic mass is 10.2. The van der Waals surface area contributed by atoms with Crippen molar-refractivity contribution >= 4 is 0 Å². The quantitative estimate of drug-likeness (QED) is 0.570. The standard InChI is InChI=1S/C18H20FNO3/c1-2-9-22-14-16(21)12-20(13-17-7-5-10-23-17)11-15-6-3-4-8-18(15)19/h1,3-8,10,16,21H,9,11-14H2/t16-/m0/s1. The van der Waals surface area contributed by atoms with E-state index in [4.69, 9.17) is 15.6 Å². The minimum atomic E-state index is -0.718. The van der Waals surface area contributed by atoms with Crippen LogP contribution in [0.1, 0.15) is 11.3 Å². The van der Waals surface area contributed by atoms with Crippen LogP contribution in [0.15, 0.2) is 47.1 Å². The van der Waals surface area contributed by atoms with Crippen molar-refractivity contribution in [1.82, 2.24) is 4.90 Å². The molecule has 0 saturated carbocycles. The molecule has 1 aromatic carbocycles. The van der Waals surface area contributed by atoms with E-state index in [9.17, 15) is 9.50 Å². The number of aliphatic hydroxyl groups is 1. The van der Waals surface area contributed by atoms with Gasteiger partial charge in [-0.2, -0.15) is 0 Å². The van der Waals surface area contributed by atoms with Crippen LogP contribution in [0, 0.1) is 18.2 Å². The molecule has 1 atom stereocenters. The lowest BCUT2D eigenvalue weighted by molar-refractivity contribution is 0.0228. The van der Waals surface area contributed by atoms with Gasteiger partial charge in [0, 0.05) is 18.7 Å². The first-order valence-electron chi connectivity index (χ1n) is 7.36. The highest BCUT2D eigenvalue weighted by Crippen LogP contribution is 2.14. The van der Waals surface area contributed by atoms with Gasteiger partial charge in [-0.05, 0) is 18.2 Å². The average molecular weight is 317 g/mol. The molecule has 0 radical (unpaired) electrons. The number of rotatable bonds is 9. The summed E-state index contributed by atoms with van der Waals surface area (Å²) in [6.07, 6.45) is 5.97. The highest BCUT2D eigenvalue weighted by atomic mass is 19.1. The number of hydrogen-bond donors (Lipinski definition) is 1. The van der Waals surface area contributed by atoms with Gasteiger partial charge in [-0.1, -0.05) is 24.1 Å². The number of ether oxygens (including phenoxy) is 1. The molecule has 1 aromatic heterocycles. The van der Waals surface area contributed by atoms with Gasteiger partial charge in [0.2, 0.25) is 0 Å². The van der Waals surface area contributed by atoms with Crippen LogP contribution in [0.3, 0.4) is 0 Å². The zero-order valence-corrected chi connectivity index (χ0v) is 12.8. The number of nitrogens with zero attached hydrogens (tertiary/aromatic N) is 1. The van der Waals surface area contributed by atoms with Gasteiger partial charge in [-0.3, -0.25) is 4.90 Å². The fourth-order valence-corrected chi connectivity index (χ4v) is 2.28. The average Bonchev–Trinajstić information content (AvgIpc) is 3.03. The number of furan rings is 1. The molecular weight excluding hydrogens is 297 g/mol. The number of aliphatic hydroxyl groups excluding tert-OH is 1. The maximum Gasteiger partial charge on any atom is 0.127 e. The van der Waals surface area contributed by atoms with Gasteiger partial charge in [-0.25, -0.2) is 4.39 Å². The van der Waals surface area contributed by atoms with Gasteiger partial charge in [0.15, 0.2) is 0 Å². The molecule has 0 aliphatic rings. The molecule has 0 aliphatic heterocycles. The van der Waals surface area contributed by atoms with Crippen molar-refractivity contribution in [3.05, 3.63) is 59.8 Å². The minimum absolute atomic E-state index is 0.135. The van der Waals surface area contributed by atoms with Crippen LogP contribution in [0.4, 0.5) is 4.39 Å². The Labute approximate surface area is 135 Å². The summed E-state index contributed by atoms with van der Waals surface area (Å²) >= 11 is 0. The molecule has 5 heteroatoms. The van der Waals surface area contributed by atoms with Crippen molar-refractivity contribution in [3.63, 3.8) is 0 Å². The van der Waals surface area contributed by atoms with E-state index in [2.05, 4.69) is 5.92 Å². The van der Waals surface area contributed by atoms with Gasteiger partial charge >= 0.3 is 0 Å². The molecule has 23 heavy (non-hydrogen) atoms. The van der Waals surface area contributed by atoms with Crippen LogP contribution in [-0.2, 0) is 17.8 Å². The predicted octanol–water partition coefficient (Wildman–Crippen LogP) is 2.43. The van der Waals surface area contributed by atoms with E-state index in [1.165, 1.54) is 6.07 Å². The summed E-state index contributed by atoms with van der Waals surface area (Å²) < 4.78 is 24.3. The molecule has 2 aromatic rings. The second-order valence-corrected chi connectivity index (χ2v) is 5.21. The third kappa shape index (κ3) is 5.87.